The molecule has 1 heterocycles. The summed E-state index contributed by atoms with van der Waals surface area (Å²) in [5, 5.41) is 3.63. The third-order valence-corrected chi connectivity index (χ3v) is 3.70. The smallest absolute Gasteiger partial charge is 0.410 e. The number of carbonyl (C=O) groups excluding carboxylic acids is 2. The van der Waals surface area contributed by atoms with E-state index in [1.807, 2.05) is 30.3 Å². The lowest BCUT2D eigenvalue weighted by Crippen LogP contribution is -2.51. The highest BCUT2D eigenvalue weighted by molar-refractivity contribution is 5.81. The van der Waals surface area contributed by atoms with E-state index in [0.29, 0.717) is 6.42 Å². The van der Waals surface area contributed by atoms with Crippen LogP contribution in [0.1, 0.15) is 18.4 Å². The molecule has 0 aliphatic carbocycles. The first-order valence-electron chi connectivity index (χ1n) is 7.25. The van der Waals surface area contributed by atoms with Gasteiger partial charge in [0.1, 0.15) is 12.6 Å². The number of carbonyl (C=O) groups is 2. The van der Waals surface area contributed by atoms with Gasteiger partial charge in [-0.1, -0.05) is 35.4 Å². The summed E-state index contributed by atoms with van der Waals surface area (Å²) < 4.78 is 10.00. The van der Waals surface area contributed by atoms with Crippen molar-refractivity contribution >= 4 is 12.1 Å². The molecule has 0 aromatic heterocycles. The average Bonchev–Trinajstić information content (AvgIpc) is 2.60. The second kappa shape index (κ2) is 8.05. The Morgan fingerprint density at radius 1 is 1.39 bits per heavy atom. The van der Waals surface area contributed by atoms with Gasteiger partial charge in [-0.25, -0.2) is 9.59 Å². The van der Waals surface area contributed by atoms with E-state index < -0.39 is 18.1 Å². The molecule has 1 amide bonds. The highest BCUT2D eigenvalue weighted by atomic mass is 16.6. The molecule has 122 valence electrons. The van der Waals surface area contributed by atoms with Crippen LogP contribution in [0.3, 0.4) is 0 Å². The summed E-state index contributed by atoms with van der Waals surface area (Å²) in [6.07, 6.45) is 0.137. The van der Waals surface area contributed by atoms with Crippen molar-refractivity contribution in [3.63, 3.8) is 0 Å². The molecule has 1 aromatic rings. The fourth-order valence-corrected chi connectivity index (χ4v) is 2.50. The van der Waals surface area contributed by atoms with E-state index in [1.54, 1.807) is 0 Å². The third kappa shape index (κ3) is 4.37. The van der Waals surface area contributed by atoms with Gasteiger partial charge in [0.25, 0.3) is 0 Å². The highest BCUT2D eigenvalue weighted by Gasteiger charge is 2.37. The third-order valence-electron chi connectivity index (χ3n) is 3.70. The number of hydrogen-bond acceptors (Lipinski definition) is 5. The van der Waals surface area contributed by atoms with Gasteiger partial charge in [-0.3, -0.25) is 4.90 Å². The lowest BCUT2D eigenvalue weighted by atomic mass is 9.98. The first kappa shape index (κ1) is 16.6. The van der Waals surface area contributed by atoms with E-state index in [9.17, 15) is 9.59 Å². The van der Waals surface area contributed by atoms with E-state index in [0.717, 1.165) is 5.56 Å². The van der Waals surface area contributed by atoms with Gasteiger partial charge in [-0.15, -0.1) is 0 Å². The highest BCUT2D eigenvalue weighted by Crippen LogP contribution is 2.22. The molecule has 0 unspecified atom stereocenters. The Morgan fingerprint density at radius 2 is 2.13 bits per heavy atom. The Bertz CT molecular complexity index is 601. The van der Waals surface area contributed by atoms with Crippen molar-refractivity contribution in [1.29, 1.82) is 0 Å². The summed E-state index contributed by atoms with van der Waals surface area (Å²) in [5.74, 6) is -0.542. The zero-order chi connectivity index (χ0) is 16.7. The maximum Gasteiger partial charge on any atom is 0.410 e. The molecule has 0 spiro atoms. The first-order chi connectivity index (χ1) is 11.2. The van der Waals surface area contributed by atoms with Gasteiger partial charge in [0, 0.05) is 17.5 Å². The summed E-state index contributed by atoms with van der Waals surface area (Å²) in [5.41, 5.74) is 9.38. The molecule has 0 saturated carbocycles. The molecule has 0 radical (unpaired) electrons. The van der Waals surface area contributed by atoms with Crippen LogP contribution >= 0.6 is 0 Å². The van der Waals surface area contributed by atoms with E-state index in [1.165, 1.54) is 12.0 Å². The average molecular weight is 318 g/mol. The molecule has 1 aliphatic rings. The molecular weight excluding hydrogens is 300 g/mol. The molecule has 0 bridgehead atoms. The van der Waals surface area contributed by atoms with Crippen molar-refractivity contribution in [3.8, 4) is 0 Å². The molecule has 2 rings (SSSR count). The van der Waals surface area contributed by atoms with Gasteiger partial charge in [0.05, 0.1) is 7.11 Å². The van der Waals surface area contributed by atoms with E-state index in [4.69, 9.17) is 15.0 Å². The van der Waals surface area contributed by atoms with Gasteiger partial charge < -0.3 is 9.47 Å². The number of nitrogens with zero attached hydrogens (tertiary/aromatic N) is 4. The minimum atomic E-state index is -0.799. The quantitative estimate of drug-likeness (QED) is 0.368. The Hall–Kier alpha value is -2.73. The summed E-state index contributed by atoms with van der Waals surface area (Å²) >= 11 is 0. The van der Waals surface area contributed by atoms with Crippen LogP contribution in [0.15, 0.2) is 35.4 Å². The number of hydrogen-bond donors (Lipinski definition) is 0. The molecule has 0 N–H and O–H groups in total. The summed E-state index contributed by atoms with van der Waals surface area (Å²) in [7, 11) is 1.26. The van der Waals surface area contributed by atoms with Crippen molar-refractivity contribution in [2.75, 3.05) is 13.7 Å². The van der Waals surface area contributed by atoms with Crippen LogP contribution in [0.4, 0.5) is 4.79 Å². The van der Waals surface area contributed by atoms with Gasteiger partial charge in [-0.05, 0) is 23.9 Å². The zero-order valence-corrected chi connectivity index (χ0v) is 12.8. The molecule has 8 heteroatoms. The Morgan fingerprint density at radius 3 is 2.78 bits per heavy atom. The van der Waals surface area contributed by atoms with Crippen LogP contribution in [-0.2, 0) is 20.9 Å². The summed E-state index contributed by atoms with van der Waals surface area (Å²) in [6.45, 7) is 0.404. The first-order valence-corrected chi connectivity index (χ1v) is 7.25. The number of esters is 1. The predicted octanol–water partition coefficient (Wildman–Crippen LogP) is 2.64. The summed E-state index contributed by atoms with van der Waals surface area (Å²) in [4.78, 5) is 28.3. The van der Waals surface area contributed by atoms with Crippen LogP contribution in [0, 0.1) is 0 Å². The standard InChI is InChI=1S/C15H18N4O4/c1-22-14(20)13-9-12(17-18-16)7-8-19(13)15(21)23-10-11-5-3-2-4-6-11/h2-6,12-13H,7-10H2,1H3/t12-,13+/m1/s1. The predicted molar refractivity (Wildman–Crippen MR) is 81.3 cm³/mol. The number of likely N-dealkylation sites (tertiary alicyclic amines) is 1. The van der Waals surface area contributed by atoms with Crippen LogP contribution in [0.2, 0.25) is 0 Å². The Labute approximate surface area is 133 Å². The van der Waals surface area contributed by atoms with Crippen molar-refractivity contribution in [2.45, 2.75) is 31.5 Å². The minimum Gasteiger partial charge on any atom is -0.467 e. The van der Waals surface area contributed by atoms with Crippen molar-refractivity contribution in [1.82, 2.24) is 4.90 Å². The number of amides is 1. The molecule has 2 atom stereocenters. The molecule has 1 aromatic carbocycles. The van der Waals surface area contributed by atoms with E-state index in [-0.39, 0.29) is 25.6 Å². The monoisotopic (exact) mass is 318 g/mol. The largest absolute Gasteiger partial charge is 0.467 e. The maximum absolute atomic E-state index is 12.3. The van der Waals surface area contributed by atoms with Crippen molar-refractivity contribution in [3.05, 3.63) is 46.3 Å². The van der Waals surface area contributed by atoms with Crippen LogP contribution in [0.5, 0.6) is 0 Å². The van der Waals surface area contributed by atoms with Crippen LogP contribution < -0.4 is 0 Å². The molecular formula is C15H18N4O4. The van der Waals surface area contributed by atoms with E-state index in [2.05, 4.69) is 10.0 Å². The molecule has 1 saturated heterocycles. The summed E-state index contributed by atoms with van der Waals surface area (Å²) in [6, 6.07) is 8.14. The molecule has 1 aliphatic heterocycles. The molecule has 23 heavy (non-hydrogen) atoms. The second-order valence-electron chi connectivity index (χ2n) is 5.16. The van der Waals surface area contributed by atoms with Gasteiger partial charge >= 0.3 is 12.1 Å². The van der Waals surface area contributed by atoms with Crippen molar-refractivity contribution in [2.24, 2.45) is 5.11 Å². The van der Waals surface area contributed by atoms with Crippen molar-refractivity contribution < 1.29 is 19.1 Å². The van der Waals surface area contributed by atoms with Gasteiger partial charge in [0.15, 0.2) is 0 Å². The van der Waals surface area contributed by atoms with Crippen LogP contribution in [0.25, 0.3) is 10.4 Å². The molecule has 1 fully saturated rings. The number of rotatable bonds is 4. The number of ether oxygens (including phenoxy) is 2. The number of methoxy groups -OCH3 is 1. The Kier molecular flexibility index (Phi) is 5.82. The number of azide groups is 1. The number of benzene rings is 1. The minimum absolute atomic E-state index is 0.129. The fourth-order valence-electron chi connectivity index (χ4n) is 2.50. The topological polar surface area (TPSA) is 105 Å². The maximum atomic E-state index is 12.3. The lowest BCUT2D eigenvalue weighted by Gasteiger charge is -2.35. The Balaban J connectivity index is 2.01. The van der Waals surface area contributed by atoms with Gasteiger partial charge in [-0.2, -0.15) is 0 Å². The SMILES string of the molecule is COC(=O)[C@@H]1C[C@H](N=[N+]=[N-])CCN1C(=O)OCc1ccccc1. The van der Waals surface area contributed by atoms with E-state index >= 15 is 0 Å². The second-order valence-corrected chi connectivity index (χ2v) is 5.16. The normalized spacial score (nSPS) is 20.3. The lowest BCUT2D eigenvalue weighted by molar-refractivity contribution is -0.147. The van der Waals surface area contributed by atoms with Crippen LogP contribution in [-0.4, -0.2) is 42.7 Å². The fraction of sp³-hybridized carbons (Fsp3) is 0.467. The zero-order valence-electron chi connectivity index (χ0n) is 12.8. The number of piperidine rings is 1. The van der Waals surface area contributed by atoms with Gasteiger partial charge in [0.2, 0.25) is 0 Å². The molecule has 8 nitrogen and oxygen atoms in total.